The van der Waals surface area contributed by atoms with Crippen LogP contribution in [0.5, 0.6) is 0 Å². The van der Waals surface area contributed by atoms with E-state index in [-0.39, 0.29) is 30.4 Å². The number of nitrogens with zero attached hydrogens (tertiary/aromatic N) is 2. The maximum absolute atomic E-state index is 11.8. The third-order valence-corrected chi connectivity index (χ3v) is 4.58. The van der Waals surface area contributed by atoms with Crippen molar-refractivity contribution in [2.75, 3.05) is 13.2 Å². The first kappa shape index (κ1) is 18.9. The van der Waals surface area contributed by atoms with Crippen LogP contribution in [0.4, 0.5) is 0 Å². The third kappa shape index (κ3) is 3.64. The van der Waals surface area contributed by atoms with Crippen molar-refractivity contribution in [3.8, 4) is 11.4 Å². The number of aromatic amines is 2. The molecule has 0 unspecified atom stereocenters. The van der Waals surface area contributed by atoms with E-state index in [1.807, 2.05) is 0 Å². The lowest BCUT2D eigenvalue weighted by atomic mass is 9.82. The fourth-order valence-corrected chi connectivity index (χ4v) is 3.44. The lowest BCUT2D eigenvalue weighted by Gasteiger charge is -2.39. The molecule has 2 aliphatic rings. The molecule has 24 heavy (non-hydrogen) atoms. The topological polar surface area (TPSA) is 95.7 Å². The average molecular weight is 374 g/mol. The molecule has 3 N–H and O–H groups in total. The maximum Gasteiger partial charge on any atom is 0.259 e. The van der Waals surface area contributed by atoms with Crippen LogP contribution in [-0.4, -0.2) is 45.5 Å². The molecule has 9 heteroatoms. The van der Waals surface area contributed by atoms with Crippen LogP contribution in [0.2, 0.25) is 0 Å². The van der Waals surface area contributed by atoms with Crippen molar-refractivity contribution in [1.82, 2.24) is 25.5 Å². The van der Waals surface area contributed by atoms with Gasteiger partial charge in [-0.3, -0.25) is 9.89 Å². The van der Waals surface area contributed by atoms with Gasteiger partial charge in [-0.05, 0) is 31.4 Å². The smallest absolute Gasteiger partial charge is 0.259 e. The van der Waals surface area contributed by atoms with Crippen LogP contribution >= 0.6 is 24.8 Å². The van der Waals surface area contributed by atoms with E-state index in [0.29, 0.717) is 29.5 Å². The van der Waals surface area contributed by atoms with E-state index in [1.165, 1.54) is 0 Å². The van der Waals surface area contributed by atoms with Gasteiger partial charge in [0.05, 0.1) is 18.3 Å². The van der Waals surface area contributed by atoms with E-state index >= 15 is 0 Å². The third-order valence-electron chi connectivity index (χ3n) is 4.58. The number of halogens is 2. The monoisotopic (exact) mass is 373 g/mol. The Bertz CT molecular complexity index is 720. The van der Waals surface area contributed by atoms with Gasteiger partial charge in [-0.1, -0.05) is 0 Å². The number of pyridine rings is 1. The molecule has 1 saturated heterocycles. The Hall–Kier alpha value is -1.41. The molecule has 7 nitrogen and oxygen atoms in total. The number of ether oxygens (including phenoxy) is 1. The minimum atomic E-state index is -0.167. The maximum atomic E-state index is 11.8. The quantitative estimate of drug-likeness (QED) is 0.743. The number of hydrogen-bond acceptors (Lipinski definition) is 5. The Balaban J connectivity index is 0.00000104. The molecule has 2 aromatic heterocycles. The second kappa shape index (κ2) is 8.11. The van der Waals surface area contributed by atoms with E-state index in [1.54, 1.807) is 18.3 Å². The van der Waals surface area contributed by atoms with Crippen molar-refractivity contribution in [2.45, 2.75) is 37.3 Å². The number of nitrogens with one attached hydrogen (secondary N) is 3. The van der Waals surface area contributed by atoms with Crippen LogP contribution in [0, 0.1) is 0 Å². The Morgan fingerprint density at radius 2 is 2.12 bits per heavy atom. The zero-order chi connectivity index (χ0) is 14.9. The summed E-state index contributed by atoms with van der Waals surface area (Å²) in [5, 5.41) is 10.8. The van der Waals surface area contributed by atoms with Gasteiger partial charge in [0.1, 0.15) is 5.82 Å². The molecule has 0 aromatic carbocycles. The molecule has 1 saturated carbocycles. The van der Waals surface area contributed by atoms with Gasteiger partial charge in [-0.25, -0.2) is 4.98 Å². The summed E-state index contributed by atoms with van der Waals surface area (Å²) in [5.74, 6) is 1.66. The standard InChI is InChI=1S/C15H19N5O2.2ClH/c21-15-10(2-1-5-17-15)14-18-13(19-20-14)9-3-4-12-11(8-9)16-6-7-22-12;;/h1-2,5,9,11-12,16H,3-4,6-8H2,(H,17,21)(H,18,19,20);2*1H/t9-,11+,12+;;/m0../s1. The Morgan fingerprint density at radius 3 is 2.96 bits per heavy atom. The van der Waals surface area contributed by atoms with Crippen molar-refractivity contribution in [2.24, 2.45) is 0 Å². The molecule has 0 radical (unpaired) electrons. The minimum absolute atomic E-state index is 0. The number of morpholine rings is 1. The van der Waals surface area contributed by atoms with Crippen LogP contribution in [0.3, 0.4) is 0 Å². The van der Waals surface area contributed by atoms with Gasteiger partial charge in [-0.15, -0.1) is 24.8 Å². The Kier molecular flexibility index (Phi) is 6.40. The van der Waals surface area contributed by atoms with Gasteiger partial charge < -0.3 is 15.0 Å². The average Bonchev–Trinajstić information content (AvgIpc) is 3.04. The molecule has 0 amide bonds. The van der Waals surface area contributed by atoms with Gasteiger partial charge in [-0.2, -0.15) is 5.10 Å². The number of aromatic nitrogens is 4. The molecule has 1 aliphatic heterocycles. The molecular formula is C15H21Cl2N5O2. The molecule has 3 atom stereocenters. The number of hydrogen-bond donors (Lipinski definition) is 3. The molecule has 2 aromatic rings. The van der Waals surface area contributed by atoms with Crippen LogP contribution in [0.25, 0.3) is 11.4 Å². The molecule has 0 spiro atoms. The molecule has 3 heterocycles. The molecule has 1 aliphatic carbocycles. The number of rotatable bonds is 2. The van der Waals surface area contributed by atoms with Crippen molar-refractivity contribution in [3.63, 3.8) is 0 Å². The van der Waals surface area contributed by atoms with E-state index in [9.17, 15) is 4.79 Å². The van der Waals surface area contributed by atoms with Gasteiger partial charge in [0.2, 0.25) is 0 Å². The highest BCUT2D eigenvalue weighted by atomic mass is 35.5. The van der Waals surface area contributed by atoms with Crippen LogP contribution < -0.4 is 10.9 Å². The molecule has 4 rings (SSSR count). The second-order valence-electron chi connectivity index (χ2n) is 5.94. The van der Waals surface area contributed by atoms with Crippen LogP contribution in [-0.2, 0) is 4.74 Å². The van der Waals surface area contributed by atoms with E-state index in [2.05, 4.69) is 25.5 Å². The van der Waals surface area contributed by atoms with E-state index < -0.39 is 0 Å². The highest BCUT2D eigenvalue weighted by Crippen LogP contribution is 2.34. The largest absolute Gasteiger partial charge is 0.375 e. The minimum Gasteiger partial charge on any atom is -0.375 e. The SMILES string of the molecule is Cl.Cl.O=c1[nH]cccc1-c1n[nH]c([C@H]2CC[C@H]3OCCN[C@@H]3C2)n1. The van der Waals surface area contributed by atoms with Gasteiger partial charge >= 0.3 is 0 Å². The molecule has 0 bridgehead atoms. The summed E-state index contributed by atoms with van der Waals surface area (Å²) >= 11 is 0. The summed E-state index contributed by atoms with van der Waals surface area (Å²) in [6.45, 7) is 1.71. The summed E-state index contributed by atoms with van der Waals surface area (Å²) in [6, 6.07) is 3.90. The van der Waals surface area contributed by atoms with Gasteiger partial charge in [0, 0.05) is 24.7 Å². The van der Waals surface area contributed by atoms with Gasteiger partial charge in [0.25, 0.3) is 5.56 Å². The predicted octanol–water partition coefficient (Wildman–Crippen LogP) is 1.63. The summed E-state index contributed by atoms with van der Waals surface area (Å²) in [5.41, 5.74) is 0.330. The number of fused-ring (bicyclic) bond motifs is 1. The predicted molar refractivity (Wildman–Crippen MR) is 95.1 cm³/mol. The Morgan fingerprint density at radius 1 is 1.25 bits per heavy atom. The highest BCUT2D eigenvalue weighted by molar-refractivity contribution is 5.85. The highest BCUT2D eigenvalue weighted by Gasteiger charge is 2.34. The zero-order valence-electron chi connectivity index (χ0n) is 13.0. The number of H-pyrrole nitrogens is 2. The van der Waals surface area contributed by atoms with Crippen LogP contribution in [0.15, 0.2) is 23.1 Å². The van der Waals surface area contributed by atoms with Crippen molar-refractivity contribution < 1.29 is 4.74 Å². The summed E-state index contributed by atoms with van der Waals surface area (Å²) < 4.78 is 5.80. The molecule has 2 fully saturated rings. The van der Waals surface area contributed by atoms with Crippen LogP contribution in [0.1, 0.15) is 31.0 Å². The summed E-state index contributed by atoms with van der Waals surface area (Å²) in [7, 11) is 0. The molecular weight excluding hydrogens is 353 g/mol. The van der Waals surface area contributed by atoms with Gasteiger partial charge in [0.15, 0.2) is 5.82 Å². The first-order chi connectivity index (χ1) is 10.8. The lowest BCUT2D eigenvalue weighted by Crippen LogP contribution is -2.51. The lowest BCUT2D eigenvalue weighted by molar-refractivity contribution is -0.0279. The first-order valence-electron chi connectivity index (χ1n) is 7.76. The second-order valence-corrected chi connectivity index (χ2v) is 5.94. The molecule has 132 valence electrons. The summed E-state index contributed by atoms with van der Waals surface area (Å²) in [6.07, 6.45) is 4.98. The zero-order valence-corrected chi connectivity index (χ0v) is 14.7. The normalized spacial score (nSPS) is 25.9. The van der Waals surface area contributed by atoms with Crippen molar-refractivity contribution in [1.29, 1.82) is 0 Å². The van der Waals surface area contributed by atoms with Crippen molar-refractivity contribution >= 4 is 24.8 Å². The van der Waals surface area contributed by atoms with E-state index in [4.69, 9.17) is 4.74 Å². The Labute approximate surface area is 151 Å². The summed E-state index contributed by atoms with van der Waals surface area (Å²) in [4.78, 5) is 19.0. The van der Waals surface area contributed by atoms with Crippen molar-refractivity contribution in [3.05, 3.63) is 34.5 Å². The first-order valence-corrected chi connectivity index (χ1v) is 7.76. The van der Waals surface area contributed by atoms with E-state index in [0.717, 1.165) is 38.2 Å². The fraction of sp³-hybridized carbons (Fsp3) is 0.533. The fourth-order valence-electron chi connectivity index (χ4n) is 3.44.